The number of benzene rings is 2. The molecule has 1 aliphatic heterocycles. The molecule has 2 aromatic carbocycles. The van der Waals surface area contributed by atoms with Crippen LogP contribution in [0, 0.1) is 20.8 Å². The van der Waals surface area contributed by atoms with Gasteiger partial charge in [0.15, 0.2) is 5.17 Å². The lowest BCUT2D eigenvalue weighted by molar-refractivity contribution is 0.643. The van der Waals surface area contributed by atoms with Gasteiger partial charge in [0.2, 0.25) is 0 Å². The molecule has 1 unspecified atom stereocenters. The van der Waals surface area contributed by atoms with Gasteiger partial charge >= 0.3 is 0 Å². The predicted molar refractivity (Wildman–Crippen MR) is 101 cm³/mol. The molecule has 0 radical (unpaired) electrons. The summed E-state index contributed by atoms with van der Waals surface area (Å²) in [6.07, 6.45) is 0.978. The molecule has 0 fully saturated rings. The lowest BCUT2D eigenvalue weighted by Crippen LogP contribution is -2.28. The van der Waals surface area contributed by atoms with Crippen LogP contribution in [0.1, 0.15) is 33.9 Å². The van der Waals surface area contributed by atoms with Crippen molar-refractivity contribution in [3.8, 4) is 0 Å². The summed E-state index contributed by atoms with van der Waals surface area (Å²) in [5.41, 5.74) is 6.78. The van der Waals surface area contributed by atoms with Crippen LogP contribution in [0.3, 0.4) is 0 Å². The van der Waals surface area contributed by atoms with Crippen molar-refractivity contribution >= 4 is 16.9 Å². The van der Waals surface area contributed by atoms with Crippen molar-refractivity contribution in [1.82, 2.24) is 5.32 Å². The van der Waals surface area contributed by atoms with Crippen molar-refractivity contribution in [2.75, 3.05) is 12.3 Å². The third-order valence-corrected chi connectivity index (χ3v) is 5.33. The first-order chi connectivity index (χ1) is 11.1. The number of rotatable bonds is 4. The molecule has 3 heteroatoms. The monoisotopic (exact) mass is 324 g/mol. The fourth-order valence-electron chi connectivity index (χ4n) is 3.04. The Hall–Kier alpha value is -1.74. The molecule has 0 aromatic heterocycles. The molecule has 0 amide bonds. The molecule has 23 heavy (non-hydrogen) atoms. The van der Waals surface area contributed by atoms with Crippen molar-refractivity contribution in [2.24, 2.45) is 4.99 Å². The molecule has 0 spiro atoms. The van der Waals surface area contributed by atoms with Crippen molar-refractivity contribution in [1.29, 1.82) is 0 Å². The summed E-state index contributed by atoms with van der Waals surface area (Å²) in [5.74, 6) is 1.09. The fraction of sp³-hybridized carbons (Fsp3) is 0.350. The van der Waals surface area contributed by atoms with Crippen LogP contribution in [0.5, 0.6) is 0 Å². The zero-order valence-corrected chi connectivity index (χ0v) is 14.9. The van der Waals surface area contributed by atoms with Gasteiger partial charge in [0.05, 0.1) is 12.6 Å². The maximum absolute atomic E-state index is 4.58. The van der Waals surface area contributed by atoms with Gasteiger partial charge in [-0.25, -0.2) is 0 Å². The van der Waals surface area contributed by atoms with E-state index in [0.717, 1.165) is 23.9 Å². The highest BCUT2D eigenvalue weighted by Crippen LogP contribution is 2.26. The van der Waals surface area contributed by atoms with Crippen molar-refractivity contribution in [3.63, 3.8) is 0 Å². The van der Waals surface area contributed by atoms with Gasteiger partial charge in [-0.1, -0.05) is 59.8 Å². The van der Waals surface area contributed by atoms with E-state index in [2.05, 4.69) is 73.5 Å². The zero-order valence-electron chi connectivity index (χ0n) is 14.1. The van der Waals surface area contributed by atoms with Gasteiger partial charge in [0.25, 0.3) is 0 Å². The summed E-state index contributed by atoms with van der Waals surface area (Å²) in [6.45, 7) is 7.49. The summed E-state index contributed by atoms with van der Waals surface area (Å²) >= 11 is 1.83. The van der Waals surface area contributed by atoms with E-state index in [1.165, 1.54) is 27.8 Å². The largest absolute Gasteiger partial charge is 0.358 e. The molecule has 0 saturated heterocycles. The third kappa shape index (κ3) is 3.97. The Morgan fingerprint density at radius 3 is 2.70 bits per heavy atom. The van der Waals surface area contributed by atoms with E-state index in [1.54, 1.807) is 0 Å². The summed E-state index contributed by atoms with van der Waals surface area (Å²) in [5, 5.41) is 4.77. The quantitative estimate of drug-likeness (QED) is 0.889. The second-order valence-electron chi connectivity index (χ2n) is 6.21. The minimum absolute atomic E-state index is 0.265. The maximum atomic E-state index is 4.58. The average molecular weight is 324 g/mol. The lowest BCUT2D eigenvalue weighted by atomic mass is 9.93. The summed E-state index contributed by atoms with van der Waals surface area (Å²) in [7, 11) is 0. The minimum atomic E-state index is 0.265. The van der Waals surface area contributed by atoms with Crippen LogP contribution in [0.2, 0.25) is 0 Å². The molecule has 1 heterocycles. The average Bonchev–Trinajstić information content (AvgIpc) is 3.02. The van der Waals surface area contributed by atoms with E-state index < -0.39 is 0 Å². The van der Waals surface area contributed by atoms with E-state index in [1.807, 2.05) is 11.8 Å². The van der Waals surface area contributed by atoms with Gasteiger partial charge in [0, 0.05) is 5.75 Å². The second kappa shape index (κ2) is 7.22. The molecule has 0 aliphatic carbocycles. The summed E-state index contributed by atoms with van der Waals surface area (Å²) in [6, 6.07) is 15.7. The van der Waals surface area contributed by atoms with Crippen molar-refractivity contribution in [2.45, 2.75) is 33.2 Å². The van der Waals surface area contributed by atoms with Crippen LogP contribution in [0.15, 0.2) is 47.5 Å². The van der Waals surface area contributed by atoms with Crippen LogP contribution >= 0.6 is 11.8 Å². The van der Waals surface area contributed by atoms with Crippen LogP contribution in [-0.2, 0) is 6.42 Å². The number of nitrogens with zero attached hydrogens (tertiary/aromatic N) is 1. The summed E-state index contributed by atoms with van der Waals surface area (Å²) < 4.78 is 0. The number of thioether (sulfide) groups is 1. The van der Waals surface area contributed by atoms with Crippen LogP contribution in [-0.4, -0.2) is 17.5 Å². The topological polar surface area (TPSA) is 24.4 Å². The van der Waals surface area contributed by atoms with E-state index >= 15 is 0 Å². The van der Waals surface area contributed by atoms with Gasteiger partial charge in [-0.05, 0) is 49.4 Å². The zero-order chi connectivity index (χ0) is 16.2. The van der Waals surface area contributed by atoms with Crippen molar-refractivity contribution in [3.05, 3.63) is 70.3 Å². The van der Waals surface area contributed by atoms with Gasteiger partial charge in [-0.3, -0.25) is 4.99 Å². The van der Waals surface area contributed by atoms with Gasteiger partial charge in [-0.2, -0.15) is 0 Å². The molecular weight excluding hydrogens is 300 g/mol. The number of amidine groups is 1. The van der Waals surface area contributed by atoms with Crippen molar-refractivity contribution < 1.29 is 0 Å². The molecular formula is C20H24N2S. The predicted octanol–water partition coefficient (Wildman–Crippen LogP) is 4.59. The normalized spacial score (nSPS) is 15.3. The van der Waals surface area contributed by atoms with Crippen LogP contribution < -0.4 is 5.32 Å². The minimum Gasteiger partial charge on any atom is -0.358 e. The van der Waals surface area contributed by atoms with E-state index in [-0.39, 0.29) is 6.04 Å². The SMILES string of the molecule is Cc1cccc(CC(NC2=NCCS2)c2cccc(C)c2C)c1. The first kappa shape index (κ1) is 16.1. The molecule has 2 nitrogen and oxygen atoms in total. The van der Waals surface area contributed by atoms with Gasteiger partial charge in [0.1, 0.15) is 0 Å². The lowest BCUT2D eigenvalue weighted by Gasteiger charge is -2.23. The first-order valence-corrected chi connectivity index (χ1v) is 9.17. The standard InChI is InChI=1S/C20H24N2S/c1-14-6-4-8-17(12-14)13-19(22-20-21-10-11-23-20)18-9-5-7-15(2)16(18)3/h4-9,12,19H,10-11,13H2,1-3H3,(H,21,22). The Bertz CT molecular complexity index is 721. The molecule has 120 valence electrons. The number of aliphatic imine (C=N–C) groups is 1. The highest BCUT2D eigenvalue weighted by Gasteiger charge is 2.18. The number of hydrogen-bond acceptors (Lipinski definition) is 3. The highest BCUT2D eigenvalue weighted by molar-refractivity contribution is 8.14. The van der Waals surface area contributed by atoms with E-state index in [9.17, 15) is 0 Å². The van der Waals surface area contributed by atoms with Gasteiger partial charge in [-0.15, -0.1) is 0 Å². The fourth-order valence-corrected chi connectivity index (χ4v) is 3.82. The summed E-state index contributed by atoms with van der Waals surface area (Å²) in [4.78, 5) is 4.58. The Morgan fingerprint density at radius 2 is 1.96 bits per heavy atom. The third-order valence-electron chi connectivity index (χ3n) is 4.43. The smallest absolute Gasteiger partial charge is 0.157 e. The molecule has 1 aliphatic rings. The molecule has 1 N–H and O–H groups in total. The van der Waals surface area contributed by atoms with E-state index in [4.69, 9.17) is 0 Å². The van der Waals surface area contributed by atoms with Gasteiger partial charge < -0.3 is 5.32 Å². The van der Waals surface area contributed by atoms with Crippen LogP contribution in [0.4, 0.5) is 0 Å². The maximum Gasteiger partial charge on any atom is 0.157 e. The number of aryl methyl sites for hydroxylation is 2. The van der Waals surface area contributed by atoms with Crippen LogP contribution in [0.25, 0.3) is 0 Å². The number of hydrogen-bond donors (Lipinski definition) is 1. The molecule has 2 aromatic rings. The number of nitrogens with one attached hydrogen (secondary N) is 1. The Kier molecular flexibility index (Phi) is 5.06. The second-order valence-corrected chi connectivity index (χ2v) is 7.30. The molecule has 1 atom stereocenters. The molecule has 0 saturated carbocycles. The Balaban J connectivity index is 1.91. The first-order valence-electron chi connectivity index (χ1n) is 8.19. The molecule has 3 rings (SSSR count). The van der Waals surface area contributed by atoms with E-state index in [0.29, 0.717) is 0 Å². The Labute approximate surface area is 143 Å². The Morgan fingerprint density at radius 1 is 1.13 bits per heavy atom. The molecule has 0 bridgehead atoms. The highest BCUT2D eigenvalue weighted by atomic mass is 32.2.